The number of anilines is 2. The van der Waals surface area contributed by atoms with Gasteiger partial charge in [-0.2, -0.15) is 0 Å². The summed E-state index contributed by atoms with van der Waals surface area (Å²) < 4.78 is 19.9. The summed E-state index contributed by atoms with van der Waals surface area (Å²) in [5.41, 5.74) is 1.62. The summed E-state index contributed by atoms with van der Waals surface area (Å²) in [4.78, 5) is 4.02. The van der Waals surface area contributed by atoms with E-state index in [4.69, 9.17) is 4.42 Å². The average Bonchev–Trinajstić information content (AvgIpc) is 2.96. The van der Waals surface area contributed by atoms with E-state index >= 15 is 0 Å². The summed E-state index contributed by atoms with van der Waals surface area (Å²) in [7, 11) is 0. The van der Waals surface area contributed by atoms with E-state index < -0.39 is 0 Å². The van der Waals surface area contributed by atoms with Crippen molar-refractivity contribution in [1.29, 1.82) is 0 Å². The standard InChI is InChI=1S/C13H8FIN4O/c14-10-5-8(15)1-2-11(10)18-12-6-16-4-3-9(12)13-19-17-7-20-13/h1-7,18H. The molecule has 2 aromatic heterocycles. The number of aromatic nitrogens is 3. The van der Waals surface area contributed by atoms with E-state index in [0.29, 0.717) is 22.8 Å². The largest absolute Gasteiger partial charge is 0.423 e. The molecule has 5 nitrogen and oxygen atoms in total. The second-order valence-corrected chi connectivity index (χ2v) is 5.16. The molecule has 3 rings (SSSR count). The molecule has 100 valence electrons. The van der Waals surface area contributed by atoms with Crippen LogP contribution in [0, 0.1) is 9.39 Å². The lowest BCUT2D eigenvalue weighted by atomic mass is 10.2. The summed E-state index contributed by atoms with van der Waals surface area (Å²) in [5, 5.41) is 10.5. The second-order valence-electron chi connectivity index (χ2n) is 3.91. The minimum absolute atomic E-state index is 0.336. The first-order chi connectivity index (χ1) is 9.74. The lowest BCUT2D eigenvalue weighted by Gasteiger charge is -2.10. The average molecular weight is 382 g/mol. The van der Waals surface area contributed by atoms with Gasteiger partial charge in [0.15, 0.2) is 0 Å². The van der Waals surface area contributed by atoms with Crippen LogP contribution in [-0.2, 0) is 0 Å². The lowest BCUT2D eigenvalue weighted by molar-refractivity contribution is 0.569. The molecule has 2 heterocycles. The van der Waals surface area contributed by atoms with Gasteiger partial charge in [0.1, 0.15) is 5.82 Å². The highest BCUT2D eigenvalue weighted by Gasteiger charge is 2.11. The quantitative estimate of drug-likeness (QED) is 0.702. The Morgan fingerprint density at radius 1 is 1.20 bits per heavy atom. The highest BCUT2D eigenvalue weighted by atomic mass is 127. The van der Waals surface area contributed by atoms with Crippen molar-refractivity contribution in [2.24, 2.45) is 0 Å². The first kappa shape index (κ1) is 13.0. The summed E-state index contributed by atoms with van der Waals surface area (Å²) >= 11 is 2.05. The molecule has 0 unspecified atom stereocenters. The maximum Gasteiger partial charge on any atom is 0.249 e. The van der Waals surface area contributed by atoms with Gasteiger partial charge in [-0.15, -0.1) is 10.2 Å². The highest BCUT2D eigenvalue weighted by molar-refractivity contribution is 14.1. The fraction of sp³-hybridized carbons (Fsp3) is 0. The van der Waals surface area contributed by atoms with Crippen molar-refractivity contribution in [3.63, 3.8) is 0 Å². The molecule has 1 aromatic carbocycles. The van der Waals surface area contributed by atoms with Gasteiger partial charge in [0.25, 0.3) is 0 Å². The zero-order chi connectivity index (χ0) is 13.9. The summed E-state index contributed by atoms with van der Waals surface area (Å²) in [6, 6.07) is 6.66. The van der Waals surface area contributed by atoms with E-state index in [0.717, 1.165) is 3.57 Å². The molecule has 0 spiro atoms. The van der Waals surface area contributed by atoms with Crippen LogP contribution in [0.4, 0.5) is 15.8 Å². The van der Waals surface area contributed by atoms with Gasteiger partial charge in [0.05, 0.1) is 23.1 Å². The predicted octanol–water partition coefficient (Wildman–Crippen LogP) is 3.62. The smallest absolute Gasteiger partial charge is 0.249 e. The first-order valence-corrected chi connectivity index (χ1v) is 6.74. The molecular weight excluding hydrogens is 374 g/mol. The van der Waals surface area contributed by atoms with Crippen LogP contribution < -0.4 is 5.32 Å². The summed E-state index contributed by atoms with van der Waals surface area (Å²) in [6.45, 7) is 0. The zero-order valence-corrected chi connectivity index (χ0v) is 12.2. The van der Waals surface area contributed by atoms with Crippen LogP contribution in [0.5, 0.6) is 0 Å². The van der Waals surface area contributed by atoms with Crippen molar-refractivity contribution in [2.45, 2.75) is 0 Å². The van der Waals surface area contributed by atoms with E-state index in [1.807, 2.05) is 6.07 Å². The molecule has 0 radical (unpaired) electrons. The molecule has 0 amide bonds. The Morgan fingerprint density at radius 3 is 2.85 bits per heavy atom. The number of nitrogens with one attached hydrogen (secondary N) is 1. The van der Waals surface area contributed by atoms with Gasteiger partial charge in [-0.25, -0.2) is 4.39 Å². The third-order valence-electron chi connectivity index (χ3n) is 2.61. The Labute approximate surface area is 127 Å². The number of benzene rings is 1. The Bertz CT molecular complexity index is 733. The molecule has 0 fully saturated rings. The maximum atomic E-state index is 13.9. The Morgan fingerprint density at radius 2 is 2.10 bits per heavy atom. The van der Waals surface area contributed by atoms with Crippen molar-refractivity contribution in [3.05, 3.63) is 52.4 Å². The van der Waals surface area contributed by atoms with Crippen LogP contribution in [-0.4, -0.2) is 15.2 Å². The van der Waals surface area contributed by atoms with E-state index in [-0.39, 0.29) is 5.82 Å². The normalized spacial score (nSPS) is 10.5. The molecular formula is C13H8FIN4O. The molecule has 7 heteroatoms. The zero-order valence-electron chi connectivity index (χ0n) is 10.0. The molecule has 0 bridgehead atoms. The fourth-order valence-corrected chi connectivity index (χ4v) is 2.16. The van der Waals surface area contributed by atoms with Crippen molar-refractivity contribution in [1.82, 2.24) is 15.2 Å². The molecule has 0 aliphatic heterocycles. The van der Waals surface area contributed by atoms with Gasteiger partial charge in [-0.3, -0.25) is 4.98 Å². The molecule has 0 aliphatic rings. The van der Waals surface area contributed by atoms with E-state index in [9.17, 15) is 4.39 Å². The minimum atomic E-state index is -0.336. The summed E-state index contributed by atoms with van der Waals surface area (Å²) in [5.74, 6) is 0.0121. The molecule has 1 N–H and O–H groups in total. The van der Waals surface area contributed by atoms with Gasteiger partial charge >= 0.3 is 0 Å². The monoisotopic (exact) mass is 382 g/mol. The minimum Gasteiger partial charge on any atom is -0.423 e. The SMILES string of the molecule is Fc1cc(I)ccc1Nc1cnccc1-c1nnco1. The van der Waals surface area contributed by atoms with Crippen LogP contribution in [0.2, 0.25) is 0 Å². The van der Waals surface area contributed by atoms with Crippen LogP contribution in [0.25, 0.3) is 11.5 Å². The third-order valence-corrected chi connectivity index (χ3v) is 3.28. The molecule has 3 aromatic rings. The topological polar surface area (TPSA) is 63.8 Å². The number of halogens is 2. The van der Waals surface area contributed by atoms with Gasteiger partial charge in [0.2, 0.25) is 12.3 Å². The third kappa shape index (κ3) is 2.62. The van der Waals surface area contributed by atoms with Crippen molar-refractivity contribution in [2.75, 3.05) is 5.32 Å². The van der Waals surface area contributed by atoms with Gasteiger partial charge in [0, 0.05) is 9.77 Å². The van der Waals surface area contributed by atoms with E-state index in [2.05, 4.69) is 43.1 Å². The fourth-order valence-electron chi connectivity index (χ4n) is 1.71. The number of hydrogen-bond donors (Lipinski definition) is 1. The highest BCUT2D eigenvalue weighted by Crippen LogP contribution is 2.29. The number of hydrogen-bond acceptors (Lipinski definition) is 5. The Balaban J connectivity index is 1.99. The van der Waals surface area contributed by atoms with Crippen molar-refractivity contribution in [3.8, 4) is 11.5 Å². The first-order valence-electron chi connectivity index (χ1n) is 5.66. The van der Waals surface area contributed by atoms with Crippen LogP contribution in [0.15, 0.2) is 47.5 Å². The molecule has 0 saturated carbocycles. The van der Waals surface area contributed by atoms with Crippen molar-refractivity contribution < 1.29 is 8.81 Å². The van der Waals surface area contributed by atoms with Crippen LogP contribution in [0.3, 0.4) is 0 Å². The molecule has 0 saturated heterocycles. The Kier molecular flexibility index (Phi) is 3.59. The molecule has 0 aliphatic carbocycles. The Hall–Kier alpha value is -2.03. The predicted molar refractivity (Wildman–Crippen MR) is 79.9 cm³/mol. The second kappa shape index (κ2) is 5.53. The maximum absolute atomic E-state index is 13.9. The van der Waals surface area contributed by atoms with Gasteiger partial charge in [-0.05, 0) is 46.9 Å². The number of pyridine rings is 1. The van der Waals surface area contributed by atoms with Crippen LogP contribution in [0.1, 0.15) is 0 Å². The van der Waals surface area contributed by atoms with Gasteiger partial charge < -0.3 is 9.73 Å². The summed E-state index contributed by atoms with van der Waals surface area (Å²) in [6.07, 6.45) is 4.43. The number of rotatable bonds is 3. The molecule has 20 heavy (non-hydrogen) atoms. The van der Waals surface area contributed by atoms with Gasteiger partial charge in [-0.1, -0.05) is 0 Å². The van der Waals surface area contributed by atoms with E-state index in [1.165, 1.54) is 12.5 Å². The van der Waals surface area contributed by atoms with Crippen LogP contribution >= 0.6 is 22.6 Å². The lowest BCUT2D eigenvalue weighted by Crippen LogP contribution is -1.97. The number of nitrogens with zero attached hydrogens (tertiary/aromatic N) is 3. The van der Waals surface area contributed by atoms with E-state index in [1.54, 1.807) is 24.5 Å². The van der Waals surface area contributed by atoms with Crippen molar-refractivity contribution >= 4 is 34.0 Å². The molecule has 0 atom stereocenters.